The highest BCUT2D eigenvalue weighted by atomic mass is 19.1. The van der Waals surface area contributed by atoms with Crippen molar-refractivity contribution in [3.8, 4) is 11.1 Å². The van der Waals surface area contributed by atoms with Crippen LogP contribution in [0.5, 0.6) is 0 Å². The number of hydrogen-bond acceptors (Lipinski definition) is 5. The van der Waals surface area contributed by atoms with Crippen LogP contribution in [0.15, 0.2) is 22.9 Å². The molecule has 0 unspecified atom stereocenters. The Bertz CT molecular complexity index is 607. The minimum atomic E-state index is -0.538. The number of nitrogens with two attached hydrogens (primary N) is 1. The quantitative estimate of drug-likeness (QED) is 0.826. The summed E-state index contributed by atoms with van der Waals surface area (Å²) in [7, 11) is 1.26. The molecule has 0 aliphatic rings. The standard InChI is InChI=1S/C12H11FN2O3/c1-6-3-10(13)8(4-7(6)12(16)17-2)9-5-15-18-11(9)14/h3-5H,14H2,1-2H3. The van der Waals surface area contributed by atoms with Crippen LogP contribution in [0.2, 0.25) is 0 Å². The second-order valence-electron chi connectivity index (χ2n) is 3.74. The summed E-state index contributed by atoms with van der Waals surface area (Å²) in [5.41, 5.74) is 6.74. The molecule has 5 nitrogen and oxygen atoms in total. The van der Waals surface area contributed by atoms with Crippen LogP contribution in [0.3, 0.4) is 0 Å². The maximum absolute atomic E-state index is 13.9. The van der Waals surface area contributed by atoms with Crippen molar-refractivity contribution in [2.24, 2.45) is 0 Å². The molecule has 2 aromatic rings. The molecule has 94 valence electrons. The van der Waals surface area contributed by atoms with Crippen molar-refractivity contribution in [1.82, 2.24) is 5.16 Å². The van der Waals surface area contributed by atoms with Gasteiger partial charge >= 0.3 is 5.97 Å². The second-order valence-corrected chi connectivity index (χ2v) is 3.74. The zero-order chi connectivity index (χ0) is 13.3. The van der Waals surface area contributed by atoms with Crippen molar-refractivity contribution >= 4 is 11.9 Å². The number of halogens is 1. The van der Waals surface area contributed by atoms with Gasteiger partial charge in [0.25, 0.3) is 0 Å². The van der Waals surface area contributed by atoms with E-state index >= 15 is 0 Å². The fourth-order valence-electron chi connectivity index (χ4n) is 1.66. The number of ether oxygens (including phenoxy) is 1. The number of esters is 1. The average Bonchev–Trinajstić information content (AvgIpc) is 2.75. The van der Waals surface area contributed by atoms with Crippen molar-refractivity contribution in [3.05, 3.63) is 35.3 Å². The van der Waals surface area contributed by atoms with E-state index in [0.29, 0.717) is 11.1 Å². The molecule has 0 fully saturated rings. The van der Waals surface area contributed by atoms with Crippen LogP contribution in [0, 0.1) is 12.7 Å². The van der Waals surface area contributed by atoms with E-state index in [-0.39, 0.29) is 17.0 Å². The number of rotatable bonds is 2. The third-order valence-corrected chi connectivity index (χ3v) is 2.61. The van der Waals surface area contributed by atoms with Gasteiger partial charge in [0.15, 0.2) is 0 Å². The number of carbonyl (C=O) groups excluding carboxylic acids is 1. The summed E-state index contributed by atoms with van der Waals surface area (Å²) in [6, 6.07) is 2.62. The molecule has 0 aliphatic carbocycles. The van der Waals surface area contributed by atoms with Gasteiger partial charge in [-0.05, 0) is 24.6 Å². The molecule has 2 N–H and O–H groups in total. The molecule has 0 saturated heterocycles. The molecule has 0 amide bonds. The van der Waals surface area contributed by atoms with Gasteiger partial charge in [0.05, 0.1) is 24.4 Å². The fourth-order valence-corrected chi connectivity index (χ4v) is 1.66. The van der Waals surface area contributed by atoms with Gasteiger partial charge in [-0.25, -0.2) is 9.18 Å². The lowest BCUT2D eigenvalue weighted by molar-refractivity contribution is 0.0600. The monoisotopic (exact) mass is 250 g/mol. The number of anilines is 1. The van der Waals surface area contributed by atoms with Gasteiger partial charge in [0.2, 0.25) is 5.88 Å². The van der Waals surface area contributed by atoms with Crippen LogP contribution < -0.4 is 5.73 Å². The minimum Gasteiger partial charge on any atom is -0.465 e. The van der Waals surface area contributed by atoms with Crippen molar-refractivity contribution in [3.63, 3.8) is 0 Å². The van der Waals surface area contributed by atoms with Crippen molar-refractivity contribution in [2.75, 3.05) is 12.8 Å². The largest absolute Gasteiger partial charge is 0.465 e. The van der Waals surface area contributed by atoms with Crippen molar-refractivity contribution in [1.29, 1.82) is 0 Å². The first kappa shape index (κ1) is 12.1. The lowest BCUT2D eigenvalue weighted by Gasteiger charge is -2.07. The van der Waals surface area contributed by atoms with E-state index in [0.717, 1.165) is 0 Å². The third-order valence-electron chi connectivity index (χ3n) is 2.61. The normalized spacial score (nSPS) is 10.4. The predicted octanol–water partition coefficient (Wildman–Crippen LogP) is 2.16. The summed E-state index contributed by atoms with van der Waals surface area (Å²) in [4.78, 5) is 11.5. The van der Waals surface area contributed by atoms with E-state index in [1.165, 1.54) is 25.4 Å². The highest BCUT2D eigenvalue weighted by molar-refractivity contribution is 5.93. The highest BCUT2D eigenvalue weighted by Crippen LogP contribution is 2.30. The summed E-state index contributed by atoms with van der Waals surface area (Å²) < 4.78 is 23.2. The van der Waals surface area contributed by atoms with Gasteiger partial charge in [-0.1, -0.05) is 5.16 Å². The molecule has 0 saturated carbocycles. The molecule has 1 aromatic heterocycles. The molecule has 1 aromatic carbocycles. The smallest absolute Gasteiger partial charge is 0.338 e. The van der Waals surface area contributed by atoms with Crippen LogP contribution in [0.4, 0.5) is 10.3 Å². The van der Waals surface area contributed by atoms with Crippen LogP contribution in [0.1, 0.15) is 15.9 Å². The number of methoxy groups -OCH3 is 1. The van der Waals surface area contributed by atoms with Gasteiger partial charge in [-0.15, -0.1) is 0 Å². The Hall–Kier alpha value is -2.37. The first-order chi connectivity index (χ1) is 8.54. The molecule has 6 heteroatoms. The van der Waals surface area contributed by atoms with E-state index in [1.807, 2.05) is 0 Å². The Labute approximate surface area is 102 Å². The average molecular weight is 250 g/mol. The summed E-state index contributed by atoms with van der Waals surface area (Å²) in [6.07, 6.45) is 1.30. The van der Waals surface area contributed by atoms with Gasteiger partial charge in [-0.3, -0.25) is 0 Å². The number of nitrogen functional groups attached to an aromatic ring is 1. The van der Waals surface area contributed by atoms with Gasteiger partial charge in [0.1, 0.15) is 5.82 Å². The molecular formula is C12H11FN2O3. The van der Waals surface area contributed by atoms with Crippen LogP contribution >= 0.6 is 0 Å². The summed E-state index contributed by atoms with van der Waals surface area (Å²) in [5.74, 6) is -1.05. The molecule has 18 heavy (non-hydrogen) atoms. The second kappa shape index (κ2) is 4.48. The van der Waals surface area contributed by atoms with Crippen LogP contribution in [0.25, 0.3) is 11.1 Å². The molecule has 0 radical (unpaired) electrons. The van der Waals surface area contributed by atoms with E-state index in [1.54, 1.807) is 6.92 Å². The Kier molecular flexibility index (Phi) is 3.01. The Morgan fingerprint density at radius 1 is 1.44 bits per heavy atom. The summed E-state index contributed by atoms with van der Waals surface area (Å²) in [5, 5.41) is 3.47. The number of hydrogen-bond donors (Lipinski definition) is 1. The molecule has 2 rings (SSSR count). The minimum absolute atomic E-state index is 0.00595. The Morgan fingerprint density at radius 2 is 2.17 bits per heavy atom. The number of aryl methyl sites for hydroxylation is 1. The summed E-state index contributed by atoms with van der Waals surface area (Å²) in [6.45, 7) is 1.62. The van der Waals surface area contributed by atoms with E-state index in [4.69, 9.17) is 5.73 Å². The number of nitrogens with zero attached hydrogens (tertiary/aromatic N) is 1. The predicted molar refractivity (Wildman–Crippen MR) is 62.4 cm³/mol. The highest BCUT2D eigenvalue weighted by Gasteiger charge is 2.18. The molecule has 0 bridgehead atoms. The third kappa shape index (κ3) is 1.92. The maximum atomic E-state index is 13.9. The van der Waals surface area contributed by atoms with Crippen molar-refractivity contribution < 1.29 is 18.4 Å². The first-order valence-electron chi connectivity index (χ1n) is 5.13. The SMILES string of the molecule is COC(=O)c1cc(-c2cnoc2N)c(F)cc1C. The first-order valence-corrected chi connectivity index (χ1v) is 5.13. The van der Waals surface area contributed by atoms with Gasteiger partial charge in [-0.2, -0.15) is 0 Å². The van der Waals surface area contributed by atoms with Crippen LogP contribution in [-0.4, -0.2) is 18.2 Å². The summed E-state index contributed by atoms with van der Waals surface area (Å²) >= 11 is 0. The number of benzene rings is 1. The molecule has 0 aliphatic heterocycles. The number of carbonyl (C=O) groups is 1. The van der Waals surface area contributed by atoms with Crippen molar-refractivity contribution in [2.45, 2.75) is 6.92 Å². The van der Waals surface area contributed by atoms with Crippen LogP contribution in [-0.2, 0) is 4.74 Å². The molecule has 0 atom stereocenters. The zero-order valence-corrected chi connectivity index (χ0v) is 9.86. The molecular weight excluding hydrogens is 239 g/mol. The lowest BCUT2D eigenvalue weighted by Crippen LogP contribution is -2.05. The lowest BCUT2D eigenvalue weighted by atomic mass is 10.0. The van der Waals surface area contributed by atoms with Gasteiger partial charge < -0.3 is 15.0 Å². The van der Waals surface area contributed by atoms with E-state index in [9.17, 15) is 9.18 Å². The topological polar surface area (TPSA) is 78.3 Å². The molecule has 1 heterocycles. The fraction of sp³-hybridized carbons (Fsp3) is 0.167. The van der Waals surface area contributed by atoms with Gasteiger partial charge in [0, 0.05) is 5.56 Å². The Balaban J connectivity index is 2.62. The number of aromatic nitrogens is 1. The van der Waals surface area contributed by atoms with E-state index in [2.05, 4.69) is 14.4 Å². The molecule has 0 spiro atoms. The maximum Gasteiger partial charge on any atom is 0.338 e. The van der Waals surface area contributed by atoms with E-state index < -0.39 is 11.8 Å². The Morgan fingerprint density at radius 3 is 2.72 bits per heavy atom. The zero-order valence-electron chi connectivity index (χ0n) is 9.86.